The number of hydrogen-bond acceptors (Lipinski definition) is 2. The molecule has 2 N–H and O–H groups in total. The van der Waals surface area contributed by atoms with Crippen LogP contribution in [0, 0.1) is 0 Å². The zero-order valence-corrected chi connectivity index (χ0v) is 12.8. The molecule has 0 heterocycles. The third-order valence-electron chi connectivity index (χ3n) is 2.94. The first-order valence-corrected chi connectivity index (χ1v) is 7.22. The summed E-state index contributed by atoms with van der Waals surface area (Å²) in [4.78, 5) is 0. The maximum atomic E-state index is 6.22. The normalized spacial score (nSPS) is 12.2. The summed E-state index contributed by atoms with van der Waals surface area (Å²) in [6, 6.07) is 13.3. The standard InChI is InChI=1S/C16H17Cl2NO/c1-11(19)9-13-15(18)7-4-8-16(13)20-10-12-5-2-3-6-14(12)17/h2-8,11H,9-10,19H2,1H3. The summed E-state index contributed by atoms with van der Waals surface area (Å²) in [7, 11) is 0. The molecule has 2 aromatic rings. The maximum Gasteiger partial charge on any atom is 0.124 e. The van der Waals surface area contributed by atoms with E-state index in [4.69, 9.17) is 33.7 Å². The Kier molecular flexibility index (Phi) is 5.30. The molecular formula is C16H17Cl2NO. The van der Waals surface area contributed by atoms with Gasteiger partial charge in [0.2, 0.25) is 0 Å². The Morgan fingerprint density at radius 2 is 1.75 bits per heavy atom. The molecule has 4 heteroatoms. The van der Waals surface area contributed by atoms with Crippen LogP contribution in [0.4, 0.5) is 0 Å². The fourth-order valence-electron chi connectivity index (χ4n) is 1.97. The molecule has 0 aliphatic carbocycles. The Labute approximate surface area is 129 Å². The van der Waals surface area contributed by atoms with Crippen LogP contribution in [0.15, 0.2) is 42.5 Å². The van der Waals surface area contributed by atoms with E-state index in [2.05, 4.69) is 0 Å². The van der Waals surface area contributed by atoms with Crippen LogP contribution in [-0.4, -0.2) is 6.04 Å². The zero-order valence-electron chi connectivity index (χ0n) is 11.3. The summed E-state index contributed by atoms with van der Waals surface area (Å²) in [5.41, 5.74) is 7.74. The summed E-state index contributed by atoms with van der Waals surface area (Å²) < 4.78 is 5.86. The van der Waals surface area contributed by atoms with Crippen molar-refractivity contribution in [1.29, 1.82) is 0 Å². The first-order chi connectivity index (χ1) is 9.58. The lowest BCUT2D eigenvalue weighted by Crippen LogP contribution is -2.18. The van der Waals surface area contributed by atoms with Crippen molar-refractivity contribution in [2.24, 2.45) is 5.73 Å². The number of nitrogens with two attached hydrogens (primary N) is 1. The molecule has 0 saturated carbocycles. The number of hydrogen-bond donors (Lipinski definition) is 1. The second-order valence-electron chi connectivity index (χ2n) is 4.78. The highest BCUT2D eigenvalue weighted by Crippen LogP contribution is 2.28. The van der Waals surface area contributed by atoms with Gasteiger partial charge in [-0.1, -0.05) is 47.5 Å². The Morgan fingerprint density at radius 3 is 2.45 bits per heavy atom. The Morgan fingerprint density at radius 1 is 1.05 bits per heavy atom. The minimum absolute atomic E-state index is 0.0255. The predicted molar refractivity (Wildman–Crippen MR) is 84.6 cm³/mol. The van der Waals surface area contributed by atoms with E-state index in [9.17, 15) is 0 Å². The van der Waals surface area contributed by atoms with Crippen molar-refractivity contribution in [2.75, 3.05) is 0 Å². The summed E-state index contributed by atoms with van der Waals surface area (Å²) in [5, 5.41) is 1.38. The third kappa shape index (κ3) is 3.89. The molecule has 2 rings (SSSR count). The molecule has 2 nitrogen and oxygen atoms in total. The molecule has 106 valence electrons. The molecule has 0 radical (unpaired) electrons. The number of rotatable bonds is 5. The molecular weight excluding hydrogens is 293 g/mol. The van der Waals surface area contributed by atoms with Crippen molar-refractivity contribution in [2.45, 2.75) is 26.0 Å². The van der Waals surface area contributed by atoms with E-state index >= 15 is 0 Å². The van der Waals surface area contributed by atoms with Gasteiger partial charge < -0.3 is 10.5 Å². The molecule has 20 heavy (non-hydrogen) atoms. The number of halogens is 2. The lowest BCUT2D eigenvalue weighted by atomic mass is 10.1. The van der Waals surface area contributed by atoms with Gasteiger partial charge in [-0.2, -0.15) is 0 Å². The minimum atomic E-state index is 0.0255. The lowest BCUT2D eigenvalue weighted by Gasteiger charge is -2.15. The highest BCUT2D eigenvalue weighted by molar-refractivity contribution is 6.31. The quantitative estimate of drug-likeness (QED) is 0.885. The maximum absolute atomic E-state index is 6.22. The van der Waals surface area contributed by atoms with E-state index in [1.807, 2.05) is 49.4 Å². The van der Waals surface area contributed by atoms with Gasteiger partial charge in [0.25, 0.3) is 0 Å². The minimum Gasteiger partial charge on any atom is -0.489 e. The van der Waals surface area contributed by atoms with Crippen LogP contribution in [-0.2, 0) is 13.0 Å². The van der Waals surface area contributed by atoms with Crippen LogP contribution in [0.25, 0.3) is 0 Å². The van der Waals surface area contributed by atoms with Gasteiger partial charge in [-0.3, -0.25) is 0 Å². The fraction of sp³-hybridized carbons (Fsp3) is 0.250. The van der Waals surface area contributed by atoms with Gasteiger partial charge in [0.15, 0.2) is 0 Å². The van der Waals surface area contributed by atoms with Gasteiger partial charge >= 0.3 is 0 Å². The van der Waals surface area contributed by atoms with Crippen LogP contribution in [0.2, 0.25) is 10.0 Å². The molecule has 0 saturated heterocycles. The fourth-order valence-corrected chi connectivity index (χ4v) is 2.40. The van der Waals surface area contributed by atoms with Crippen LogP contribution < -0.4 is 10.5 Å². The second-order valence-corrected chi connectivity index (χ2v) is 5.59. The number of ether oxygens (including phenoxy) is 1. The van der Waals surface area contributed by atoms with Crippen molar-refractivity contribution >= 4 is 23.2 Å². The summed E-state index contributed by atoms with van der Waals surface area (Å²) >= 11 is 12.3. The average Bonchev–Trinajstić information content (AvgIpc) is 2.41. The Bertz CT molecular complexity index is 584. The molecule has 0 aliphatic rings. The van der Waals surface area contributed by atoms with E-state index in [0.717, 1.165) is 16.9 Å². The Balaban J connectivity index is 2.17. The van der Waals surface area contributed by atoms with E-state index in [-0.39, 0.29) is 6.04 Å². The highest BCUT2D eigenvalue weighted by atomic mass is 35.5. The van der Waals surface area contributed by atoms with Crippen molar-refractivity contribution in [3.05, 3.63) is 63.6 Å². The van der Waals surface area contributed by atoms with E-state index in [0.29, 0.717) is 23.1 Å². The van der Waals surface area contributed by atoms with Crippen molar-refractivity contribution in [3.8, 4) is 5.75 Å². The van der Waals surface area contributed by atoms with Crippen LogP contribution >= 0.6 is 23.2 Å². The third-order valence-corrected chi connectivity index (χ3v) is 3.67. The largest absolute Gasteiger partial charge is 0.489 e. The number of benzene rings is 2. The molecule has 0 spiro atoms. The first-order valence-electron chi connectivity index (χ1n) is 6.47. The topological polar surface area (TPSA) is 35.2 Å². The van der Waals surface area contributed by atoms with Crippen molar-refractivity contribution < 1.29 is 4.74 Å². The van der Waals surface area contributed by atoms with Gasteiger partial charge in [-0.15, -0.1) is 0 Å². The second kappa shape index (κ2) is 6.98. The molecule has 0 aromatic heterocycles. The molecule has 1 unspecified atom stereocenters. The zero-order chi connectivity index (χ0) is 14.5. The van der Waals surface area contributed by atoms with Gasteiger partial charge in [0.05, 0.1) is 0 Å². The summed E-state index contributed by atoms with van der Waals surface area (Å²) in [6.07, 6.45) is 0.678. The molecule has 1 atom stereocenters. The SMILES string of the molecule is CC(N)Cc1c(Cl)cccc1OCc1ccccc1Cl. The summed E-state index contributed by atoms with van der Waals surface area (Å²) in [6.45, 7) is 2.35. The van der Waals surface area contributed by atoms with Crippen molar-refractivity contribution in [1.82, 2.24) is 0 Å². The average molecular weight is 310 g/mol. The molecule has 0 fully saturated rings. The predicted octanol–water partition coefficient (Wildman–Crippen LogP) is 4.46. The van der Waals surface area contributed by atoms with Gasteiger partial charge in [0, 0.05) is 27.2 Å². The molecule has 2 aromatic carbocycles. The molecule has 0 bridgehead atoms. The van der Waals surface area contributed by atoms with Crippen LogP contribution in [0.1, 0.15) is 18.1 Å². The smallest absolute Gasteiger partial charge is 0.124 e. The van der Waals surface area contributed by atoms with Gasteiger partial charge in [-0.25, -0.2) is 0 Å². The van der Waals surface area contributed by atoms with E-state index < -0.39 is 0 Å². The van der Waals surface area contributed by atoms with Crippen LogP contribution in [0.3, 0.4) is 0 Å². The Hall–Kier alpha value is -1.22. The van der Waals surface area contributed by atoms with Crippen molar-refractivity contribution in [3.63, 3.8) is 0 Å². The van der Waals surface area contributed by atoms with E-state index in [1.54, 1.807) is 0 Å². The molecule has 0 amide bonds. The molecule has 0 aliphatic heterocycles. The van der Waals surface area contributed by atoms with E-state index in [1.165, 1.54) is 0 Å². The lowest BCUT2D eigenvalue weighted by molar-refractivity contribution is 0.302. The van der Waals surface area contributed by atoms with Crippen LogP contribution in [0.5, 0.6) is 5.75 Å². The first kappa shape index (κ1) is 15.2. The van der Waals surface area contributed by atoms with Gasteiger partial charge in [-0.05, 0) is 31.5 Å². The highest BCUT2D eigenvalue weighted by Gasteiger charge is 2.11. The summed E-state index contributed by atoms with van der Waals surface area (Å²) in [5.74, 6) is 0.759. The monoisotopic (exact) mass is 309 g/mol. The van der Waals surface area contributed by atoms with Gasteiger partial charge in [0.1, 0.15) is 12.4 Å².